The van der Waals surface area contributed by atoms with Crippen LogP contribution in [0.25, 0.3) is 11.0 Å². The summed E-state index contributed by atoms with van der Waals surface area (Å²) in [5.41, 5.74) is 0.555. The van der Waals surface area contributed by atoms with E-state index in [1.807, 2.05) is 20.8 Å². The summed E-state index contributed by atoms with van der Waals surface area (Å²) < 4.78 is 10.4. The topological polar surface area (TPSA) is 59.7 Å². The van der Waals surface area contributed by atoms with E-state index in [0.717, 1.165) is 11.6 Å². The first-order valence-corrected chi connectivity index (χ1v) is 5.68. The lowest BCUT2D eigenvalue weighted by Gasteiger charge is -2.22. The highest BCUT2D eigenvalue weighted by atomic mass is 16.5. The summed E-state index contributed by atoms with van der Waals surface area (Å²) in [6.07, 6.45) is 0. The molecule has 0 fully saturated rings. The number of methoxy groups -OCH3 is 1. The Bertz CT molecular complexity index is 647. The molecule has 0 unspecified atom stereocenters. The fourth-order valence-electron chi connectivity index (χ4n) is 1.93. The SMILES string of the molecule is COc1cc2oc(=O)cc(O)c2cc1C(C)(C)C. The van der Waals surface area contributed by atoms with Crippen molar-refractivity contribution in [1.82, 2.24) is 0 Å². The third-order valence-corrected chi connectivity index (χ3v) is 2.85. The van der Waals surface area contributed by atoms with Gasteiger partial charge >= 0.3 is 5.63 Å². The number of benzene rings is 1. The van der Waals surface area contributed by atoms with E-state index in [2.05, 4.69) is 0 Å². The predicted molar refractivity (Wildman–Crippen MR) is 69.4 cm³/mol. The van der Waals surface area contributed by atoms with Crippen LogP contribution >= 0.6 is 0 Å². The van der Waals surface area contributed by atoms with Crippen LogP contribution in [0.4, 0.5) is 0 Å². The molecule has 1 aromatic heterocycles. The zero-order chi connectivity index (χ0) is 13.5. The Hall–Kier alpha value is -1.97. The summed E-state index contributed by atoms with van der Waals surface area (Å²) in [5.74, 6) is 0.568. The van der Waals surface area contributed by atoms with Crippen LogP contribution in [0, 0.1) is 0 Å². The van der Waals surface area contributed by atoms with Gasteiger partial charge in [0.1, 0.15) is 17.1 Å². The molecule has 4 nitrogen and oxygen atoms in total. The first kappa shape index (κ1) is 12.5. The Morgan fingerprint density at radius 1 is 1.22 bits per heavy atom. The highest BCUT2D eigenvalue weighted by molar-refractivity contribution is 5.85. The average Bonchev–Trinajstić information content (AvgIpc) is 2.25. The fraction of sp³-hybridized carbons (Fsp3) is 0.357. The summed E-state index contributed by atoms with van der Waals surface area (Å²) in [6.45, 7) is 6.15. The molecule has 1 aromatic carbocycles. The maximum Gasteiger partial charge on any atom is 0.339 e. The van der Waals surface area contributed by atoms with E-state index in [4.69, 9.17) is 9.15 Å². The average molecular weight is 248 g/mol. The standard InChI is InChI=1S/C14H16O4/c1-14(2,3)9-5-8-10(15)6-13(16)18-11(8)7-12(9)17-4/h5-7,15H,1-4H3. The van der Waals surface area contributed by atoms with Crippen molar-refractivity contribution in [3.05, 3.63) is 34.2 Å². The Balaban J connectivity index is 2.86. The smallest absolute Gasteiger partial charge is 0.339 e. The third kappa shape index (κ3) is 2.06. The molecular formula is C14H16O4. The third-order valence-electron chi connectivity index (χ3n) is 2.85. The van der Waals surface area contributed by atoms with Gasteiger partial charge in [-0.25, -0.2) is 4.79 Å². The number of hydrogen-bond acceptors (Lipinski definition) is 4. The van der Waals surface area contributed by atoms with Crippen molar-refractivity contribution in [1.29, 1.82) is 0 Å². The van der Waals surface area contributed by atoms with Gasteiger partial charge in [-0.05, 0) is 11.5 Å². The lowest BCUT2D eigenvalue weighted by molar-refractivity contribution is 0.396. The zero-order valence-electron chi connectivity index (χ0n) is 10.9. The molecule has 0 saturated heterocycles. The van der Waals surface area contributed by atoms with Crippen molar-refractivity contribution >= 4 is 11.0 Å². The van der Waals surface area contributed by atoms with Crippen LogP contribution in [0.2, 0.25) is 0 Å². The van der Waals surface area contributed by atoms with Crippen molar-refractivity contribution in [3.63, 3.8) is 0 Å². The van der Waals surface area contributed by atoms with Gasteiger partial charge in [-0.2, -0.15) is 0 Å². The molecule has 2 rings (SSSR count). The Labute approximate surface area is 105 Å². The van der Waals surface area contributed by atoms with E-state index >= 15 is 0 Å². The number of hydrogen-bond donors (Lipinski definition) is 1. The summed E-state index contributed by atoms with van der Waals surface area (Å²) in [5, 5.41) is 10.3. The lowest BCUT2D eigenvalue weighted by Crippen LogP contribution is -2.13. The molecule has 18 heavy (non-hydrogen) atoms. The quantitative estimate of drug-likeness (QED) is 0.788. The summed E-state index contributed by atoms with van der Waals surface area (Å²) >= 11 is 0. The van der Waals surface area contributed by atoms with E-state index in [9.17, 15) is 9.90 Å². The van der Waals surface area contributed by atoms with Crippen molar-refractivity contribution in [3.8, 4) is 11.5 Å². The summed E-state index contributed by atoms with van der Waals surface area (Å²) in [4.78, 5) is 11.2. The molecular weight excluding hydrogens is 232 g/mol. The molecule has 0 amide bonds. The number of rotatable bonds is 1. The Kier molecular flexibility index (Phi) is 2.81. The second-order valence-corrected chi connectivity index (χ2v) is 5.25. The minimum absolute atomic E-state index is 0.0746. The highest BCUT2D eigenvalue weighted by Crippen LogP contribution is 2.36. The summed E-state index contributed by atoms with van der Waals surface area (Å²) in [6, 6.07) is 4.50. The van der Waals surface area contributed by atoms with Gasteiger partial charge < -0.3 is 14.3 Å². The first-order chi connectivity index (χ1) is 8.32. The van der Waals surface area contributed by atoms with Gasteiger partial charge in [-0.1, -0.05) is 20.8 Å². The lowest BCUT2D eigenvalue weighted by atomic mass is 9.85. The van der Waals surface area contributed by atoms with Crippen molar-refractivity contribution in [2.45, 2.75) is 26.2 Å². The van der Waals surface area contributed by atoms with Crippen LogP contribution < -0.4 is 10.4 Å². The minimum atomic E-state index is -0.578. The first-order valence-electron chi connectivity index (χ1n) is 5.68. The van der Waals surface area contributed by atoms with Crippen molar-refractivity contribution < 1.29 is 14.3 Å². The second kappa shape index (κ2) is 4.05. The molecule has 0 saturated carbocycles. The van der Waals surface area contributed by atoms with Gasteiger partial charge in [0.2, 0.25) is 0 Å². The largest absolute Gasteiger partial charge is 0.507 e. The van der Waals surface area contributed by atoms with Crippen LogP contribution in [-0.2, 0) is 5.41 Å². The van der Waals surface area contributed by atoms with E-state index in [1.165, 1.54) is 0 Å². The molecule has 0 atom stereocenters. The van der Waals surface area contributed by atoms with E-state index in [-0.39, 0.29) is 11.2 Å². The van der Waals surface area contributed by atoms with Crippen LogP contribution in [0.1, 0.15) is 26.3 Å². The summed E-state index contributed by atoms with van der Waals surface area (Å²) in [7, 11) is 1.57. The highest BCUT2D eigenvalue weighted by Gasteiger charge is 2.21. The molecule has 4 heteroatoms. The van der Waals surface area contributed by atoms with Gasteiger partial charge in [0.15, 0.2) is 0 Å². The van der Waals surface area contributed by atoms with Gasteiger partial charge in [-0.15, -0.1) is 0 Å². The Morgan fingerprint density at radius 3 is 2.44 bits per heavy atom. The molecule has 0 spiro atoms. The fourth-order valence-corrected chi connectivity index (χ4v) is 1.93. The molecule has 0 aliphatic rings. The van der Waals surface area contributed by atoms with Crippen LogP contribution in [-0.4, -0.2) is 12.2 Å². The monoisotopic (exact) mass is 248 g/mol. The molecule has 0 aliphatic heterocycles. The van der Waals surface area contributed by atoms with Crippen LogP contribution in [0.5, 0.6) is 11.5 Å². The van der Waals surface area contributed by atoms with Gasteiger partial charge in [0.05, 0.1) is 18.6 Å². The van der Waals surface area contributed by atoms with Crippen molar-refractivity contribution in [2.24, 2.45) is 0 Å². The molecule has 1 N–H and O–H groups in total. The van der Waals surface area contributed by atoms with Crippen LogP contribution in [0.15, 0.2) is 27.4 Å². The maximum atomic E-state index is 11.2. The Morgan fingerprint density at radius 2 is 1.89 bits per heavy atom. The minimum Gasteiger partial charge on any atom is -0.507 e. The molecule has 0 bridgehead atoms. The van der Waals surface area contributed by atoms with E-state index < -0.39 is 5.63 Å². The zero-order valence-corrected chi connectivity index (χ0v) is 10.9. The van der Waals surface area contributed by atoms with Gasteiger partial charge in [0, 0.05) is 11.6 Å². The van der Waals surface area contributed by atoms with Gasteiger partial charge in [-0.3, -0.25) is 0 Å². The van der Waals surface area contributed by atoms with E-state index in [1.54, 1.807) is 19.2 Å². The van der Waals surface area contributed by atoms with Crippen LogP contribution in [0.3, 0.4) is 0 Å². The number of fused-ring (bicyclic) bond motifs is 1. The van der Waals surface area contributed by atoms with Gasteiger partial charge in [0.25, 0.3) is 0 Å². The molecule has 0 aliphatic carbocycles. The molecule has 0 radical (unpaired) electrons. The molecule has 96 valence electrons. The molecule has 2 aromatic rings. The molecule has 1 heterocycles. The number of ether oxygens (including phenoxy) is 1. The normalized spacial score (nSPS) is 11.8. The van der Waals surface area contributed by atoms with E-state index in [0.29, 0.717) is 16.7 Å². The maximum absolute atomic E-state index is 11.2. The second-order valence-electron chi connectivity index (χ2n) is 5.25. The van der Waals surface area contributed by atoms with Crippen molar-refractivity contribution in [2.75, 3.05) is 7.11 Å². The predicted octanol–water partition coefficient (Wildman–Crippen LogP) is 2.80. The number of aromatic hydroxyl groups is 1.